The Morgan fingerprint density at radius 1 is 0.458 bits per heavy atom. The van der Waals surface area contributed by atoms with E-state index in [-0.39, 0.29) is 0 Å². The molecule has 0 saturated carbocycles. The van der Waals surface area contributed by atoms with Crippen molar-refractivity contribution in [2.75, 3.05) is 0 Å². The lowest BCUT2D eigenvalue weighted by molar-refractivity contribution is 1.50. The molecule has 0 amide bonds. The minimum absolute atomic E-state index is 0.785. The largest absolute Gasteiger partial charge is 0.256 e. The molecule has 0 bridgehead atoms. The van der Waals surface area contributed by atoms with Gasteiger partial charge >= 0.3 is 0 Å². The average molecular weight is 311 g/mol. The molecule has 0 saturated heterocycles. The van der Waals surface area contributed by atoms with Crippen LogP contribution in [0, 0.1) is 0 Å². The van der Waals surface area contributed by atoms with E-state index in [1.807, 2.05) is 85.1 Å². The van der Waals surface area contributed by atoms with Gasteiger partial charge in [0.1, 0.15) is 0 Å². The summed E-state index contributed by atoms with van der Waals surface area (Å²) >= 11 is 0. The zero-order valence-electron chi connectivity index (χ0n) is 13.2. The Bertz CT molecular complexity index is 774. The van der Waals surface area contributed by atoms with Crippen molar-refractivity contribution in [1.82, 2.24) is 0 Å². The third kappa shape index (κ3) is 4.11. The molecule has 3 heterocycles. The molecule has 3 aliphatic heterocycles. The van der Waals surface area contributed by atoms with E-state index in [1.54, 1.807) is 18.6 Å². The highest BCUT2D eigenvalue weighted by Crippen LogP contribution is 2.12. The summed E-state index contributed by atoms with van der Waals surface area (Å²) in [5.74, 6) is 0. The lowest BCUT2D eigenvalue weighted by Crippen LogP contribution is -2.20. The van der Waals surface area contributed by atoms with E-state index in [2.05, 4.69) is 15.0 Å². The first-order valence-electron chi connectivity index (χ1n) is 7.73. The van der Waals surface area contributed by atoms with E-state index in [9.17, 15) is 0 Å². The molecule has 0 radical (unpaired) electrons. The molecule has 3 heteroatoms. The van der Waals surface area contributed by atoms with Gasteiger partial charge in [-0.25, -0.2) is 0 Å². The van der Waals surface area contributed by atoms with Crippen LogP contribution in [0.15, 0.2) is 124 Å². The van der Waals surface area contributed by atoms with E-state index in [1.165, 1.54) is 0 Å². The second-order valence-electron chi connectivity index (χ2n) is 4.98. The van der Waals surface area contributed by atoms with Gasteiger partial charge in [-0.1, -0.05) is 54.7 Å². The van der Waals surface area contributed by atoms with Crippen LogP contribution in [0.5, 0.6) is 0 Å². The highest BCUT2D eigenvalue weighted by Gasteiger charge is 2.16. The van der Waals surface area contributed by atoms with Crippen LogP contribution in [-0.4, -0.2) is 17.1 Å². The summed E-state index contributed by atoms with van der Waals surface area (Å²) in [6.07, 6.45) is 32.6. The fourth-order valence-corrected chi connectivity index (χ4v) is 2.22. The van der Waals surface area contributed by atoms with Crippen molar-refractivity contribution >= 4 is 17.1 Å². The van der Waals surface area contributed by atoms with Crippen LogP contribution in [0.25, 0.3) is 0 Å². The zero-order valence-corrected chi connectivity index (χ0v) is 13.2. The summed E-state index contributed by atoms with van der Waals surface area (Å²) in [7, 11) is 0. The maximum atomic E-state index is 4.61. The van der Waals surface area contributed by atoms with Gasteiger partial charge < -0.3 is 0 Å². The summed E-state index contributed by atoms with van der Waals surface area (Å²) in [5, 5.41) is 0. The van der Waals surface area contributed by atoms with Gasteiger partial charge in [0, 0.05) is 24.2 Å². The van der Waals surface area contributed by atoms with Crippen LogP contribution in [0.3, 0.4) is 0 Å². The van der Waals surface area contributed by atoms with Crippen molar-refractivity contribution in [3.8, 4) is 0 Å². The van der Waals surface area contributed by atoms with Gasteiger partial charge in [0.25, 0.3) is 0 Å². The van der Waals surface area contributed by atoms with Gasteiger partial charge in [0.05, 0.1) is 17.1 Å². The molecule has 3 rings (SSSR count). The quantitative estimate of drug-likeness (QED) is 0.715. The predicted octanol–water partition coefficient (Wildman–Crippen LogP) is 4.60. The molecule has 0 fully saturated rings. The van der Waals surface area contributed by atoms with Crippen LogP contribution >= 0.6 is 0 Å². The maximum Gasteiger partial charge on any atom is 0.0980 e. The lowest BCUT2D eigenvalue weighted by atomic mass is 9.98. The van der Waals surface area contributed by atoms with Gasteiger partial charge in [-0.2, -0.15) is 0 Å². The van der Waals surface area contributed by atoms with Crippen LogP contribution < -0.4 is 0 Å². The first-order valence-corrected chi connectivity index (χ1v) is 7.73. The third-order valence-electron chi connectivity index (χ3n) is 3.32. The topological polar surface area (TPSA) is 37.1 Å². The summed E-state index contributed by atoms with van der Waals surface area (Å²) in [4.78, 5) is 13.7. The number of rotatable bonds is 2. The molecule has 0 aromatic heterocycles. The van der Waals surface area contributed by atoms with Crippen molar-refractivity contribution in [3.05, 3.63) is 109 Å². The second-order valence-corrected chi connectivity index (χ2v) is 4.98. The number of nitrogens with zero attached hydrogens (tertiary/aromatic N) is 3. The van der Waals surface area contributed by atoms with Gasteiger partial charge in [0.2, 0.25) is 0 Å². The van der Waals surface area contributed by atoms with Crippen molar-refractivity contribution in [2.45, 2.75) is 0 Å². The van der Waals surface area contributed by atoms with Gasteiger partial charge in [-0.3, -0.25) is 15.0 Å². The molecular weight excluding hydrogens is 294 g/mol. The molecule has 0 atom stereocenters. The smallest absolute Gasteiger partial charge is 0.0980 e. The molecule has 3 aliphatic rings. The fraction of sp³-hybridized carbons (Fsp3) is 0. The predicted molar refractivity (Wildman–Crippen MR) is 104 cm³/mol. The standard InChI is InChI=1S/C21H17N3/c1-3-9-15-22-19(13-7-1)18-12-6-5-11-17-24-21(18)20-14-8-2-4-10-16-23-20/h1-17H. The maximum absolute atomic E-state index is 4.61. The molecule has 0 N–H and O–H groups in total. The molecule has 3 nitrogen and oxygen atoms in total. The monoisotopic (exact) mass is 311 g/mol. The molecule has 24 heavy (non-hydrogen) atoms. The summed E-state index contributed by atoms with van der Waals surface area (Å²) in [6.45, 7) is 0. The summed E-state index contributed by atoms with van der Waals surface area (Å²) in [6, 6.07) is 0. The van der Waals surface area contributed by atoms with Crippen molar-refractivity contribution in [1.29, 1.82) is 0 Å². The Labute approximate surface area is 142 Å². The van der Waals surface area contributed by atoms with E-state index in [4.69, 9.17) is 0 Å². The van der Waals surface area contributed by atoms with E-state index < -0.39 is 0 Å². The lowest BCUT2D eigenvalue weighted by Gasteiger charge is -2.12. The number of allylic oxidation sites excluding steroid dienone is 15. The highest BCUT2D eigenvalue weighted by atomic mass is 14.8. The van der Waals surface area contributed by atoms with Crippen LogP contribution in [0.2, 0.25) is 0 Å². The second kappa shape index (κ2) is 8.34. The minimum Gasteiger partial charge on any atom is -0.256 e. The fourth-order valence-electron chi connectivity index (χ4n) is 2.22. The van der Waals surface area contributed by atoms with Gasteiger partial charge in [-0.15, -0.1) is 0 Å². The third-order valence-corrected chi connectivity index (χ3v) is 3.32. The SMILES string of the molecule is C1=CC=CC(C2=CC=CC=CN=C2C2=NC=CC=CC=C2)=NC=C1. The Morgan fingerprint density at radius 2 is 1.00 bits per heavy atom. The Hall–Kier alpha value is -3.33. The Kier molecular flexibility index (Phi) is 5.41. The van der Waals surface area contributed by atoms with Crippen molar-refractivity contribution in [2.24, 2.45) is 15.0 Å². The molecule has 0 aliphatic carbocycles. The van der Waals surface area contributed by atoms with E-state index in [0.717, 1.165) is 22.7 Å². The van der Waals surface area contributed by atoms with E-state index in [0.29, 0.717) is 0 Å². The summed E-state index contributed by atoms with van der Waals surface area (Å²) in [5.41, 5.74) is 3.34. The van der Waals surface area contributed by atoms with E-state index >= 15 is 0 Å². The van der Waals surface area contributed by atoms with Gasteiger partial charge in [0.15, 0.2) is 0 Å². The minimum atomic E-state index is 0.785. The zero-order chi connectivity index (χ0) is 16.5. The van der Waals surface area contributed by atoms with Crippen LogP contribution in [0.1, 0.15) is 0 Å². The number of hydrogen-bond donors (Lipinski definition) is 0. The van der Waals surface area contributed by atoms with Crippen molar-refractivity contribution in [3.63, 3.8) is 0 Å². The Morgan fingerprint density at radius 3 is 1.75 bits per heavy atom. The van der Waals surface area contributed by atoms with Crippen LogP contribution in [-0.2, 0) is 0 Å². The normalized spacial score (nSPS) is 19.3. The van der Waals surface area contributed by atoms with Crippen LogP contribution in [0.4, 0.5) is 0 Å². The highest BCUT2D eigenvalue weighted by molar-refractivity contribution is 6.58. The Balaban J connectivity index is 2.06. The first-order chi connectivity index (χ1) is 11.9. The summed E-state index contributed by atoms with van der Waals surface area (Å²) < 4.78 is 0. The van der Waals surface area contributed by atoms with Crippen molar-refractivity contribution < 1.29 is 0 Å². The molecular formula is C21H17N3. The molecule has 0 aromatic carbocycles. The number of hydrogen-bond acceptors (Lipinski definition) is 3. The van der Waals surface area contributed by atoms with Gasteiger partial charge in [-0.05, 0) is 30.4 Å². The molecule has 0 spiro atoms. The molecule has 0 aromatic rings. The molecule has 0 unspecified atom stereocenters. The number of aliphatic imine (C=N–C) groups is 3. The first kappa shape index (κ1) is 15.6. The average Bonchev–Trinajstić information content (AvgIpc) is 2.49. The molecule has 116 valence electrons.